The summed E-state index contributed by atoms with van der Waals surface area (Å²) in [6, 6.07) is 0. The lowest BCUT2D eigenvalue weighted by Gasteiger charge is -2.10. The topological polar surface area (TPSA) is 98.1 Å². The number of rotatable bonds is 2. The van der Waals surface area contributed by atoms with Crippen molar-refractivity contribution in [1.29, 1.82) is 0 Å². The van der Waals surface area contributed by atoms with Crippen molar-refractivity contribution in [1.82, 2.24) is 9.97 Å². The average molecular weight is 211 g/mol. The molecule has 0 aliphatic rings. The Hall–Kier alpha value is -1.85. The van der Waals surface area contributed by atoms with Crippen LogP contribution in [0.1, 0.15) is 24.1 Å². The van der Waals surface area contributed by atoms with Gasteiger partial charge in [-0.25, -0.2) is 4.98 Å². The highest BCUT2D eigenvalue weighted by Crippen LogP contribution is 2.15. The average Bonchev–Trinajstić information content (AvgIpc) is 2.14. The zero-order valence-corrected chi connectivity index (χ0v) is 8.83. The van der Waals surface area contributed by atoms with E-state index < -0.39 is 17.4 Å². The van der Waals surface area contributed by atoms with Crippen LogP contribution in [0.15, 0.2) is 4.79 Å². The van der Waals surface area contributed by atoms with E-state index >= 15 is 0 Å². The van der Waals surface area contributed by atoms with Gasteiger partial charge < -0.3 is 10.5 Å². The van der Waals surface area contributed by atoms with Crippen LogP contribution in [0.5, 0.6) is 0 Å². The van der Waals surface area contributed by atoms with Gasteiger partial charge in [-0.2, -0.15) is 0 Å². The van der Waals surface area contributed by atoms with Crippen molar-refractivity contribution in [3.63, 3.8) is 0 Å². The van der Waals surface area contributed by atoms with Gasteiger partial charge in [0.2, 0.25) is 5.95 Å². The first-order valence-electron chi connectivity index (χ1n) is 4.41. The predicted molar refractivity (Wildman–Crippen MR) is 54.4 cm³/mol. The zero-order chi connectivity index (χ0) is 11.6. The van der Waals surface area contributed by atoms with Crippen LogP contribution in [0.25, 0.3) is 0 Å². The summed E-state index contributed by atoms with van der Waals surface area (Å²) in [4.78, 5) is 29.0. The molecule has 0 saturated carbocycles. The van der Waals surface area contributed by atoms with Crippen molar-refractivity contribution in [3.05, 3.63) is 21.6 Å². The number of hydrogen-bond acceptors (Lipinski definition) is 5. The Morgan fingerprint density at radius 2 is 2.20 bits per heavy atom. The molecule has 1 rings (SSSR count). The van der Waals surface area contributed by atoms with Crippen molar-refractivity contribution in [2.24, 2.45) is 0 Å². The van der Waals surface area contributed by atoms with Gasteiger partial charge in [0, 0.05) is 0 Å². The normalized spacial score (nSPS) is 12.2. The third-order valence-electron chi connectivity index (χ3n) is 2.15. The smallest absolute Gasteiger partial charge is 0.313 e. The number of hydrogen-bond donors (Lipinski definition) is 2. The van der Waals surface area contributed by atoms with Crippen molar-refractivity contribution in [3.8, 4) is 0 Å². The molecule has 6 heteroatoms. The quantitative estimate of drug-likeness (QED) is 0.667. The Morgan fingerprint density at radius 3 is 2.67 bits per heavy atom. The molecule has 1 heterocycles. The number of nitrogens with one attached hydrogen (secondary N) is 1. The van der Waals surface area contributed by atoms with Crippen LogP contribution in [0.2, 0.25) is 0 Å². The molecule has 3 N–H and O–H groups in total. The van der Waals surface area contributed by atoms with Crippen molar-refractivity contribution in [2.75, 3.05) is 12.8 Å². The maximum absolute atomic E-state index is 11.5. The van der Waals surface area contributed by atoms with E-state index in [4.69, 9.17) is 5.73 Å². The Balaban J connectivity index is 3.26. The second-order valence-electron chi connectivity index (χ2n) is 3.20. The summed E-state index contributed by atoms with van der Waals surface area (Å²) in [5.41, 5.74) is 5.68. The lowest BCUT2D eigenvalue weighted by Crippen LogP contribution is -2.24. The van der Waals surface area contributed by atoms with E-state index in [9.17, 15) is 9.59 Å². The SMILES string of the molecule is COC(=O)[C@H](C)c1c(C)nc(N)[nH]c1=O. The van der Waals surface area contributed by atoms with Crippen LogP contribution in [0.3, 0.4) is 0 Å². The van der Waals surface area contributed by atoms with Gasteiger partial charge in [-0.3, -0.25) is 14.6 Å². The van der Waals surface area contributed by atoms with Crippen molar-refractivity contribution < 1.29 is 9.53 Å². The molecule has 1 atom stereocenters. The number of carbonyl (C=O) groups excluding carboxylic acids is 1. The van der Waals surface area contributed by atoms with Gasteiger partial charge >= 0.3 is 5.97 Å². The minimum Gasteiger partial charge on any atom is -0.469 e. The van der Waals surface area contributed by atoms with Gasteiger partial charge in [-0.1, -0.05) is 0 Å². The molecule has 82 valence electrons. The zero-order valence-electron chi connectivity index (χ0n) is 8.83. The predicted octanol–water partition coefficient (Wildman–Crippen LogP) is -0.0630. The number of aromatic nitrogens is 2. The van der Waals surface area contributed by atoms with Gasteiger partial charge in [-0.05, 0) is 13.8 Å². The standard InChI is InChI=1S/C9H13N3O3/c1-4(8(14)15-3)6-5(2)11-9(10)12-7(6)13/h4H,1-3H3,(H3,10,11,12,13)/t4-/m1/s1. The van der Waals surface area contributed by atoms with Gasteiger partial charge in [0.05, 0.1) is 24.3 Å². The highest BCUT2D eigenvalue weighted by atomic mass is 16.5. The maximum Gasteiger partial charge on any atom is 0.313 e. The number of esters is 1. The molecule has 0 fully saturated rings. The number of H-pyrrole nitrogens is 1. The number of carbonyl (C=O) groups is 1. The monoisotopic (exact) mass is 211 g/mol. The third-order valence-corrected chi connectivity index (χ3v) is 2.15. The summed E-state index contributed by atoms with van der Waals surface area (Å²) in [5, 5.41) is 0. The summed E-state index contributed by atoms with van der Waals surface area (Å²) >= 11 is 0. The summed E-state index contributed by atoms with van der Waals surface area (Å²) in [5.74, 6) is -1.08. The fourth-order valence-electron chi connectivity index (χ4n) is 1.42. The molecule has 0 aliphatic carbocycles. The Labute approximate surface area is 86.5 Å². The number of aromatic amines is 1. The van der Waals surface area contributed by atoms with E-state index in [1.165, 1.54) is 7.11 Å². The fourth-order valence-corrected chi connectivity index (χ4v) is 1.42. The minimum absolute atomic E-state index is 0.0401. The van der Waals surface area contributed by atoms with E-state index in [1.807, 2.05) is 0 Å². The highest BCUT2D eigenvalue weighted by molar-refractivity contribution is 5.77. The second-order valence-corrected chi connectivity index (χ2v) is 3.20. The van der Waals surface area contributed by atoms with Crippen molar-refractivity contribution >= 4 is 11.9 Å². The van der Waals surface area contributed by atoms with E-state index in [0.717, 1.165) is 0 Å². The number of nitrogens with zero attached hydrogens (tertiary/aromatic N) is 1. The Morgan fingerprint density at radius 1 is 1.60 bits per heavy atom. The van der Waals surface area contributed by atoms with E-state index in [0.29, 0.717) is 5.69 Å². The maximum atomic E-state index is 11.5. The van der Waals surface area contributed by atoms with Crippen molar-refractivity contribution in [2.45, 2.75) is 19.8 Å². The minimum atomic E-state index is -0.646. The molecule has 0 aliphatic heterocycles. The number of ether oxygens (including phenoxy) is 1. The summed E-state index contributed by atoms with van der Waals surface area (Å²) in [6.07, 6.45) is 0. The lowest BCUT2D eigenvalue weighted by atomic mass is 10.0. The first-order chi connectivity index (χ1) is 6.97. The van der Waals surface area contributed by atoms with Crippen LogP contribution in [-0.4, -0.2) is 23.0 Å². The molecular weight excluding hydrogens is 198 g/mol. The molecule has 0 radical (unpaired) electrons. The Bertz CT molecular complexity index is 439. The molecule has 1 aromatic rings. The number of nitrogen functional groups attached to an aromatic ring is 1. The molecule has 0 amide bonds. The molecule has 0 saturated heterocycles. The van der Waals surface area contributed by atoms with E-state index in [2.05, 4.69) is 14.7 Å². The summed E-state index contributed by atoms with van der Waals surface area (Å²) in [6.45, 7) is 3.21. The molecule has 0 spiro atoms. The third kappa shape index (κ3) is 2.15. The van der Waals surface area contributed by atoms with E-state index in [-0.39, 0.29) is 11.5 Å². The number of anilines is 1. The molecule has 0 unspecified atom stereocenters. The van der Waals surface area contributed by atoms with Crippen LogP contribution in [-0.2, 0) is 9.53 Å². The number of nitrogens with two attached hydrogens (primary N) is 1. The molecule has 15 heavy (non-hydrogen) atoms. The van der Waals surface area contributed by atoms with Crippen LogP contribution >= 0.6 is 0 Å². The van der Waals surface area contributed by atoms with Crippen LogP contribution in [0, 0.1) is 6.92 Å². The number of methoxy groups -OCH3 is 1. The van der Waals surface area contributed by atoms with Gasteiger partial charge in [0.15, 0.2) is 0 Å². The number of aryl methyl sites for hydroxylation is 1. The molecule has 6 nitrogen and oxygen atoms in total. The molecule has 1 aromatic heterocycles. The second kappa shape index (κ2) is 4.12. The molecule has 0 bridgehead atoms. The molecule has 0 aromatic carbocycles. The summed E-state index contributed by atoms with van der Waals surface area (Å²) < 4.78 is 4.56. The van der Waals surface area contributed by atoms with Crippen LogP contribution in [0.4, 0.5) is 5.95 Å². The lowest BCUT2D eigenvalue weighted by molar-refractivity contribution is -0.142. The van der Waals surface area contributed by atoms with E-state index in [1.54, 1.807) is 13.8 Å². The summed E-state index contributed by atoms with van der Waals surface area (Å²) in [7, 11) is 1.27. The van der Waals surface area contributed by atoms with Gasteiger partial charge in [0.1, 0.15) is 0 Å². The first-order valence-corrected chi connectivity index (χ1v) is 4.41. The van der Waals surface area contributed by atoms with Gasteiger partial charge in [-0.15, -0.1) is 0 Å². The largest absolute Gasteiger partial charge is 0.469 e. The Kier molecular flexibility index (Phi) is 3.08. The fraction of sp³-hybridized carbons (Fsp3) is 0.444. The molecular formula is C9H13N3O3. The first kappa shape index (κ1) is 11.2. The highest BCUT2D eigenvalue weighted by Gasteiger charge is 2.22. The van der Waals surface area contributed by atoms with Gasteiger partial charge in [0.25, 0.3) is 5.56 Å². The van der Waals surface area contributed by atoms with Crippen LogP contribution < -0.4 is 11.3 Å².